The lowest BCUT2D eigenvalue weighted by molar-refractivity contribution is -0.00446. The summed E-state index contributed by atoms with van der Waals surface area (Å²) in [4.78, 5) is 14.8. The molecule has 1 fully saturated rings. The molecule has 1 atom stereocenters. The van der Waals surface area contributed by atoms with E-state index in [-0.39, 0.29) is 11.9 Å². The summed E-state index contributed by atoms with van der Waals surface area (Å²) in [6, 6.07) is 1.72. The standard InChI is InChI=1S/C15H18N4O3/c20-15(14-10-3-1-2-4-13(10)22-18-14)19-7-8-21-9-12(19)11-5-6-16-17-11/h5-6,12H,1-4,7-9H2,(H,16,17)/t12-/m0/s1. The summed E-state index contributed by atoms with van der Waals surface area (Å²) >= 11 is 0. The molecule has 0 bridgehead atoms. The van der Waals surface area contributed by atoms with E-state index in [1.165, 1.54) is 0 Å². The highest BCUT2D eigenvalue weighted by Crippen LogP contribution is 2.29. The molecular weight excluding hydrogens is 284 g/mol. The van der Waals surface area contributed by atoms with Crippen molar-refractivity contribution in [2.24, 2.45) is 0 Å². The summed E-state index contributed by atoms with van der Waals surface area (Å²) in [6.45, 7) is 1.55. The van der Waals surface area contributed by atoms with Gasteiger partial charge in [0.15, 0.2) is 5.69 Å². The number of nitrogens with zero attached hydrogens (tertiary/aromatic N) is 3. The first-order chi connectivity index (χ1) is 10.8. The van der Waals surface area contributed by atoms with E-state index in [1.54, 1.807) is 6.20 Å². The Bertz CT molecular complexity index is 664. The molecule has 1 aliphatic carbocycles. The highest BCUT2D eigenvalue weighted by molar-refractivity contribution is 5.94. The fraction of sp³-hybridized carbons (Fsp3) is 0.533. The third-order valence-electron chi connectivity index (χ3n) is 4.42. The van der Waals surface area contributed by atoms with Crippen molar-refractivity contribution >= 4 is 5.91 Å². The second-order valence-electron chi connectivity index (χ2n) is 5.74. The maximum Gasteiger partial charge on any atom is 0.277 e. The number of aromatic nitrogens is 3. The number of hydrogen-bond acceptors (Lipinski definition) is 5. The van der Waals surface area contributed by atoms with Crippen LogP contribution in [0.15, 0.2) is 16.8 Å². The van der Waals surface area contributed by atoms with Crippen LogP contribution in [0.4, 0.5) is 0 Å². The highest BCUT2D eigenvalue weighted by Gasteiger charge is 2.34. The number of carbonyl (C=O) groups excluding carboxylic acids is 1. The van der Waals surface area contributed by atoms with Gasteiger partial charge in [-0.05, 0) is 25.3 Å². The van der Waals surface area contributed by atoms with Crippen LogP contribution in [-0.2, 0) is 17.6 Å². The van der Waals surface area contributed by atoms with Crippen molar-refractivity contribution in [1.29, 1.82) is 0 Å². The quantitative estimate of drug-likeness (QED) is 0.908. The average Bonchev–Trinajstić information content (AvgIpc) is 3.24. The van der Waals surface area contributed by atoms with Gasteiger partial charge in [0, 0.05) is 24.7 Å². The second kappa shape index (κ2) is 5.57. The molecule has 7 nitrogen and oxygen atoms in total. The van der Waals surface area contributed by atoms with E-state index in [0.717, 1.165) is 42.7 Å². The minimum atomic E-state index is -0.153. The van der Waals surface area contributed by atoms with E-state index in [1.807, 2.05) is 11.0 Å². The molecular formula is C15H18N4O3. The number of aromatic amines is 1. The van der Waals surface area contributed by atoms with Crippen molar-refractivity contribution in [1.82, 2.24) is 20.3 Å². The Hall–Kier alpha value is -2.15. The van der Waals surface area contributed by atoms with Gasteiger partial charge >= 0.3 is 0 Å². The van der Waals surface area contributed by atoms with Crippen LogP contribution in [0.2, 0.25) is 0 Å². The molecule has 2 aromatic rings. The summed E-state index contributed by atoms with van der Waals surface area (Å²) in [5, 5.41) is 11.0. The third-order valence-corrected chi connectivity index (χ3v) is 4.42. The van der Waals surface area contributed by atoms with Gasteiger partial charge in [0.25, 0.3) is 5.91 Å². The molecule has 22 heavy (non-hydrogen) atoms. The van der Waals surface area contributed by atoms with Crippen molar-refractivity contribution in [3.8, 4) is 0 Å². The SMILES string of the molecule is O=C(c1noc2c1CCCC2)N1CCOC[C@H]1c1ccn[nH]1. The van der Waals surface area contributed by atoms with Crippen molar-refractivity contribution < 1.29 is 14.1 Å². The van der Waals surface area contributed by atoms with Crippen molar-refractivity contribution in [2.45, 2.75) is 31.7 Å². The zero-order valence-electron chi connectivity index (χ0n) is 12.2. The molecule has 0 unspecified atom stereocenters. The Labute approximate surface area is 127 Å². The first-order valence-corrected chi connectivity index (χ1v) is 7.70. The van der Waals surface area contributed by atoms with Crippen LogP contribution in [-0.4, -0.2) is 45.9 Å². The third kappa shape index (κ3) is 2.21. The number of aryl methyl sites for hydroxylation is 1. The van der Waals surface area contributed by atoms with E-state index in [4.69, 9.17) is 9.26 Å². The van der Waals surface area contributed by atoms with E-state index in [0.29, 0.717) is 25.5 Å². The van der Waals surface area contributed by atoms with Crippen molar-refractivity contribution in [3.05, 3.63) is 35.0 Å². The Morgan fingerprint density at radius 2 is 2.27 bits per heavy atom. The number of nitrogens with one attached hydrogen (secondary N) is 1. The summed E-state index contributed by atoms with van der Waals surface area (Å²) in [6.07, 6.45) is 5.62. The van der Waals surface area contributed by atoms with Crippen LogP contribution in [0.3, 0.4) is 0 Å². The molecule has 7 heteroatoms. The molecule has 0 saturated carbocycles. The molecule has 116 valence electrons. The lowest BCUT2D eigenvalue weighted by Crippen LogP contribution is -2.44. The van der Waals surface area contributed by atoms with Crippen LogP contribution in [0.25, 0.3) is 0 Å². The zero-order valence-corrected chi connectivity index (χ0v) is 12.2. The Kier molecular flexibility index (Phi) is 3.42. The second-order valence-corrected chi connectivity index (χ2v) is 5.74. The summed E-state index contributed by atoms with van der Waals surface area (Å²) in [7, 11) is 0. The summed E-state index contributed by atoms with van der Waals surface area (Å²) in [5.74, 6) is 0.802. The fourth-order valence-electron chi connectivity index (χ4n) is 3.25. The molecule has 2 aromatic heterocycles. The van der Waals surface area contributed by atoms with Gasteiger partial charge in [-0.15, -0.1) is 0 Å². The van der Waals surface area contributed by atoms with E-state index in [2.05, 4.69) is 15.4 Å². The van der Waals surface area contributed by atoms with E-state index in [9.17, 15) is 4.79 Å². The van der Waals surface area contributed by atoms with Crippen molar-refractivity contribution in [2.75, 3.05) is 19.8 Å². The number of rotatable bonds is 2. The van der Waals surface area contributed by atoms with E-state index >= 15 is 0 Å². The minimum absolute atomic E-state index is 0.0743. The number of morpholine rings is 1. The van der Waals surface area contributed by atoms with Gasteiger partial charge in [-0.25, -0.2) is 0 Å². The molecule has 1 N–H and O–H groups in total. The van der Waals surface area contributed by atoms with Crippen LogP contribution in [0, 0.1) is 0 Å². The summed E-state index contributed by atoms with van der Waals surface area (Å²) < 4.78 is 10.9. The Morgan fingerprint density at radius 3 is 3.14 bits per heavy atom. The molecule has 4 rings (SSSR count). The van der Waals surface area contributed by atoms with Gasteiger partial charge in [0.05, 0.1) is 24.9 Å². The number of H-pyrrole nitrogens is 1. The first-order valence-electron chi connectivity index (χ1n) is 7.70. The van der Waals surface area contributed by atoms with Crippen LogP contribution in [0.5, 0.6) is 0 Å². The number of amides is 1. The smallest absolute Gasteiger partial charge is 0.277 e. The molecule has 0 aromatic carbocycles. The summed E-state index contributed by atoms with van der Waals surface area (Å²) in [5.41, 5.74) is 2.35. The largest absolute Gasteiger partial charge is 0.377 e. The molecule has 1 amide bonds. The van der Waals surface area contributed by atoms with Gasteiger partial charge in [-0.1, -0.05) is 5.16 Å². The van der Waals surface area contributed by atoms with Gasteiger partial charge < -0.3 is 14.2 Å². The number of ether oxygens (including phenoxy) is 1. The van der Waals surface area contributed by atoms with Gasteiger partial charge in [0.1, 0.15) is 5.76 Å². The monoisotopic (exact) mass is 302 g/mol. The molecule has 0 radical (unpaired) electrons. The van der Waals surface area contributed by atoms with Gasteiger partial charge in [-0.2, -0.15) is 5.10 Å². The predicted molar refractivity (Wildman–Crippen MR) is 76.3 cm³/mol. The molecule has 0 spiro atoms. The lowest BCUT2D eigenvalue weighted by atomic mass is 9.96. The van der Waals surface area contributed by atoms with E-state index < -0.39 is 0 Å². The number of fused-ring (bicyclic) bond motifs is 1. The van der Waals surface area contributed by atoms with Crippen LogP contribution in [0.1, 0.15) is 46.4 Å². The Morgan fingerprint density at radius 1 is 1.36 bits per heavy atom. The maximum atomic E-state index is 13.0. The van der Waals surface area contributed by atoms with Gasteiger partial charge in [0.2, 0.25) is 0 Å². The van der Waals surface area contributed by atoms with Crippen molar-refractivity contribution in [3.63, 3.8) is 0 Å². The predicted octanol–water partition coefficient (Wildman–Crippen LogP) is 1.49. The highest BCUT2D eigenvalue weighted by atomic mass is 16.5. The van der Waals surface area contributed by atoms with Gasteiger partial charge in [-0.3, -0.25) is 9.89 Å². The number of hydrogen-bond donors (Lipinski definition) is 1. The molecule has 1 saturated heterocycles. The Balaban J connectivity index is 1.64. The molecule has 1 aliphatic heterocycles. The minimum Gasteiger partial charge on any atom is -0.377 e. The molecule has 3 heterocycles. The zero-order chi connectivity index (χ0) is 14.9. The molecule has 2 aliphatic rings. The van der Waals surface area contributed by atoms with Crippen LogP contribution < -0.4 is 0 Å². The van der Waals surface area contributed by atoms with Crippen LogP contribution >= 0.6 is 0 Å². The number of carbonyl (C=O) groups is 1. The first kappa shape index (κ1) is 13.5. The fourth-order valence-corrected chi connectivity index (χ4v) is 3.25. The average molecular weight is 302 g/mol. The maximum absolute atomic E-state index is 13.0. The normalized spacial score (nSPS) is 21.6. The lowest BCUT2D eigenvalue weighted by Gasteiger charge is -2.34. The topological polar surface area (TPSA) is 84.2 Å².